The number of hydrogen-bond acceptors (Lipinski definition) is 1. The van der Waals surface area contributed by atoms with Crippen LogP contribution in [-0.4, -0.2) is 10.7 Å². The Kier molecular flexibility index (Phi) is 3.87. The van der Waals surface area contributed by atoms with Crippen LogP contribution >= 0.6 is 0 Å². The van der Waals surface area contributed by atoms with E-state index in [0.29, 0.717) is 5.92 Å². The summed E-state index contributed by atoms with van der Waals surface area (Å²) in [4.78, 5) is 0. The molecule has 2 atom stereocenters. The second kappa shape index (κ2) is 4.91. The van der Waals surface area contributed by atoms with Crippen LogP contribution in [0.5, 0.6) is 0 Å². The minimum atomic E-state index is -0.356. The molecule has 2 fully saturated rings. The van der Waals surface area contributed by atoms with E-state index in [1.165, 1.54) is 44.9 Å². The van der Waals surface area contributed by atoms with Gasteiger partial charge in [0, 0.05) is 0 Å². The smallest absolute Gasteiger partial charge is 0.0683 e. The minimum absolute atomic E-state index is 0.258. The maximum atomic E-state index is 11.1. The van der Waals surface area contributed by atoms with Gasteiger partial charge in [0.1, 0.15) is 0 Å². The fourth-order valence-corrected chi connectivity index (χ4v) is 4.42. The van der Waals surface area contributed by atoms with E-state index >= 15 is 0 Å². The highest BCUT2D eigenvalue weighted by molar-refractivity contribution is 4.97. The molecule has 1 nitrogen and oxygen atoms in total. The van der Waals surface area contributed by atoms with Crippen LogP contribution in [0.2, 0.25) is 0 Å². The fourth-order valence-electron chi connectivity index (χ4n) is 4.42. The van der Waals surface area contributed by atoms with Gasteiger partial charge in [-0.25, -0.2) is 0 Å². The van der Waals surface area contributed by atoms with Crippen molar-refractivity contribution in [3.63, 3.8) is 0 Å². The van der Waals surface area contributed by atoms with E-state index in [1.54, 1.807) is 0 Å². The van der Waals surface area contributed by atoms with Crippen LogP contribution in [0.1, 0.15) is 78.6 Å². The standard InChI is InChI=1S/C16H30O/c1-15(2,3)14-10-6-7-11-16(14,17)12-13-8-4-5-9-13/h13-14,17H,4-12H2,1-3H3. The molecule has 17 heavy (non-hydrogen) atoms. The molecule has 1 N–H and O–H groups in total. The molecule has 0 aromatic heterocycles. The first-order valence-electron chi connectivity index (χ1n) is 7.64. The summed E-state index contributed by atoms with van der Waals surface area (Å²) in [5.74, 6) is 1.31. The van der Waals surface area contributed by atoms with Crippen molar-refractivity contribution in [3.8, 4) is 0 Å². The molecule has 0 aromatic rings. The van der Waals surface area contributed by atoms with Crippen LogP contribution in [0.3, 0.4) is 0 Å². The highest BCUT2D eigenvalue weighted by atomic mass is 16.3. The molecule has 100 valence electrons. The molecule has 0 aromatic carbocycles. The van der Waals surface area contributed by atoms with Gasteiger partial charge in [0.25, 0.3) is 0 Å². The molecular weight excluding hydrogens is 208 g/mol. The lowest BCUT2D eigenvalue weighted by Gasteiger charge is -2.48. The van der Waals surface area contributed by atoms with Gasteiger partial charge in [0.15, 0.2) is 0 Å². The van der Waals surface area contributed by atoms with Crippen molar-refractivity contribution >= 4 is 0 Å². The van der Waals surface area contributed by atoms with Crippen LogP contribution in [0.25, 0.3) is 0 Å². The van der Waals surface area contributed by atoms with E-state index in [4.69, 9.17) is 0 Å². The maximum Gasteiger partial charge on any atom is 0.0683 e. The quantitative estimate of drug-likeness (QED) is 0.749. The molecule has 2 saturated carbocycles. The lowest BCUT2D eigenvalue weighted by molar-refractivity contribution is -0.103. The Morgan fingerprint density at radius 3 is 2.18 bits per heavy atom. The largest absolute Gasteiger partial charge is 0.390 e. The van der Waals surface area contributed by atoms with Gasteiger partial charge >= 0.3 is 0 Å². The number of aliphatic hydroxyl groups is 1. The van der Waals surface area contributed by atoms with Crippen LogP contribution in [-0.2, 0) is 0 Å². The molecule has 0 heterocycles. The average Bonchev–Trinajstić information content (AvgIpc) is 2.68. The topological polar surface area (TPSA) is 20.2 Å². The molecule has 0 aliphatic heterocycles. The van der Waals surface area contributed by atoms with Gasteiger partial charge < -0.3 is 5.11 Å². The van der Waals surface area contributed by atoms with E-state index in [-0.39, 0.29) is 11.0 Å². The zero-order valence-electron chi connectivity index (χ0n) is 12.0. The monoisotopic (exact) mass is 238 g/mol. The van der Waals surface area contributed by atoms with Gasteiger partial charge in [-0.3, -0.25) is 0 Å². The summed E-state index contributed by atoms with van der Waals surface area (Å²) in [5.41, 5.74) is -0.0979. The SMILES string of the molecule is CC(C)(C)C1CCCCC1(O)CC1CCCC1. The Labute approximate surface area is 107 Å². The van der Waals surface area contributed by atoms with Crippen molar-refractivity contribution in [2.75, 3.05) is 0 Å². The number of rotatable bonds is 2. The van der Waals surface area contributed by atoms with Crippen LogP contribution in [0.4, 0.5) is 0 Å². The lowest BCUT2D eigenvalue weighted by Crippen LogP contribution is -2.47. The van der Waals surface area contributed by atoms with Gasteiger partial charge in [-0.1, -0.05) is 59.3 Å². The molecular formula is C16H30O. The summed E-state index contributed by atoms with van der Waals surface area (Å²) in [7, 11) is 0. The summed E-state index contributed by atoms with van der Waals surface area (Å²) < 4.78 is 0. The summed E-state index contributed by atoms with van der Waals surface area (Å²) in [6.45, 7) is 6.92. The zero-order valence-corrected chi connectivity index (χ0v) is 12.0. The van der Waals surface area contributed by atoms with Crippen molar-refractivity contribution in [2.24, 2.45) is 17.3 Å². The number of hydrogen-bond donors (Lipinski definition) is 1. The fraction of sp³-hybridized carbons (Fsp3) is 1.00. The van der Waals surface area contributed by atoms with Gasteiger partial charge in [-0.05, 0) is 36.5 Å². The maximum absolute atomic E-state index is 11.1. The first kappa shape index (κ1) is 13.4. The molecule has 0 bridgehead atoms. The molecule has 1 heteroatoms. The lowest BCUT2D eigenvalue weighted by atomic mass is 9.61. The Bertz CT molecular complexity index is 247. The molecule has 2 aliphatic rings. The second-order valence-electron chi connectivity index (χ2n) is 7.62. The third-order valence-electron chi connectivity index (χ3n) is 5.16. The molecule has 2 aliphatic carbocycles. The van der Waals surface area contributed by atoms with E-state index in [0.717, 1.165) is 18.8 Å². The Hall–Kier alpha value is -0.0400. The van der Waals surface area contributed by atoms with Crippen molar-refractivity contribution in [1.29, 1.82) is 0 Å². The predicted molar refractivity (Wildman–Crippen MR) is 72.9 cm³/mol. The summed E-state index contributed by atoms with van der Waals surface area (Å²) in [6, 6.07) is 0. The Morgan fingerprint density at radius 2 is 1.59 bits per heavy atom. The van der Waals surface area contributed by atoms with Crippen molar-refractivity contribution < 1.29 is 5.11 Å². The molecule has 2 rings (SSSR count). The first-order chi connectivity index (χ1) is 7.92. The second-order valence-corrected chi connectivity index (χ2v) is 7.62. The zero-order chi connectivity index (χ0) is 12.5. The molecule has 2 unspecified atom stereocenters. The van der Waals surface area contributed by atoms with Crippen molar-refractivity contribution in [1.82, 2.24) is 0 Å². The van der Waals surface area contributed by atoms with Crippen LogP contribution in [0.15, 0.2) is 0 Å². The van der Waals surface area contributed by atoms with Gasteiger partial charge in [0.2, 0.25) is 0 Å². The van der Waals surface area contributed by atoms with Crippen molar-refractivity contribution in [2.45, 2.75) is 84.2 Å². The van der Waals surface area contributed by atoms with Crippen LogP contribution < -0.4 is 0 Å². The summed E-state index contributed by atoms with van der Waals surface area (Å²) in [6.07, 6.45) is 11.4. The molecule has 0 radical (unpaired) electrons. The minimum Gasteiger partial charge on any atom is -0.390 e. The Balaban J connectivity index is 2.07. The first-order valence-corrected chi connectivity index (χ1v) is 7.64. The molecule has 0 saturated heterocycles. The highest BCUT2D eigenvalue weighted by Gasteiger charge is 2.45. The average molecular weight is 238 g/mol. The van der Waals surface area contributed by atoms with Gasteiger partial charge in [-0.2, -0.15) is 0 Å². The normalized spacial score (nSPS) is 36.4. The van der Waals surface area contributed by atoms with E-state index in [9.17, 15) is 5.11 Å². The van der Waals surface area contributed by atoms with Gasteiger partial charge in [-0.15, -0.1) is 0 Å². The van der Waals surface area contributed by atoms with Crippen LogP contribution in [0, 0.1) is 17.3 Å². The predicted octanol–water partition coefficient (Wildman–Crippen LogP) is 4.53. The van der Waals surface area contributed by atoms with E-state index in [2.05, 4.69) is 20.8 Å². The third kappa shape index (κ3) is 3.05. The van der Waals surface area contributed by atoms with Crippen molar-refractivity contribution in [3.05, 3.63) is 0 Å². The van der Waals surface area contributed by atoms with Gasteiger partial charge in [0.05, 0.1) is 5.60 Å². The van der Waals surface area contributed by atoms with E-state index in [1.807, 2.05) is 0 Å². The molecule has 0 spiro atoms. The molecule has 0 amide bonds. The third-order valence-corrected chi connectivity index (χ3v) is 5.16. The summed E-state index contributed by atoms with van der Waals surface area (Å²) in [5, 5.41) is 11.1. The highest BCUT2D eigenvalue weighted by Crippen LogP contribution is 2.48. The summed E-state index contributed by atoms with van der Waals surface area (Å²) >= 11 is 0. The van der Waals surface area contributed by atoms with E-state index < -0.39 is 0 Å². The Morgan fingerprint density at radius 1 is 1.00 bits per heavy atom.